The van der Waals surface area contributed by atoms with Crippen LogP contribution < -0.4 is 15.6 Å². The van der Waals surface area contributed by atoms with Gasteiger partial charge in [-0.05, 0) is 47.4 Å². The molecule has 2 aromatic carbocycles. The van der Waals surface area contributed by atoms with Gasteiger partial charge in [0.1, 0.15) is 0 Å². The largest absolute Gasteiger partial charge is 0.378 e. The van der Waals surface area contributed by atoms with Crippen LogP contribution in [0.2, 0.25) is 0 Å². The molecular weight excluding hydrogens is 519 g/mol. The Hall–Kier alpha value is -4.70. The molecular formula is C31H33FN8O. The molecule has 0 atom stereocenters. The highest BCUT2D eigenvalue weighted by atomic mass is 19.1. The van der Waals surface area contributed by atoms with Crippen molar-refractivity contribution in [2.45, 2.75) is 26.3 Å². The van der Waals surface area contributed by atoms with E-state index in [9.17, 15) is 4.39 Å². The molecule has 9 nitrogen and oxygen atoms in total. The lowest BCUT2D eigenvalue weighted by molar-refractivity contribution is 0.122. The van der Waals surface area contributed by atoms with Crippen LogP contribution in [0.15, 0.2) is 83.2 Å². The fraction of sp³-hybridized carbons (Fsp3) is 0.258. The molecule has 41 heavy (non-hydrogen) atoms. The van der Waals surface area contributed by atoms with E-state index in [4.69, 9.17) is 4.74 Å². The highest BCUT2D eigenvalue weighted by Gasteiger charge is 2.17. The van der Waals surface area contributed by atoms with Crippen LogP contribution in [0.4, 0.5) is 27.5 Å². The second kappa shape index (κ2) is 14.1. The molecule has 2 N–H and O–H groups in total. The van der Waals surface area contributed by atoms with E-state index in [1.165, 1.54) is 5.56 Å². The second-order valence-electron chi connectivity index (χ2n) is 9.60. The molecule has 4 aromatic rings. The lowest BCUT2D eigenvalue weighted by Crippen LogP contribution is -2.37. The van der Waals surface area contributed by atoms with Crippen molar-refractivity contribution < 1.29 is 9.13 Å². The summed E-state index contributed by atoms with van der Waals surface area (Å²) in [5, 5.41) is 7.54. The van der Waals surface area contributed by atoms with Crippen molar-refractivity contribution in [3.63, 3.8) is 0 Å². The van der Waals surface area contributed by atoms with Crippen molar-refractivity contribution in [3.8, 4) is 0 Å². The molecule has 1 aliphatic rings. The van der Waals surface area contributed by atoms with Gasteiger partial charge < -0.3 is 15.0 Å². The number of hydrogen-bond acceptors (Lipinski definition) is 9. The van der Waals surface area contributed by atoms with E-state index in [1.807, 2.05) is 35.4 Å². The number of halogens is 1. The molecule has 10 heteroatoms. The first-order chi connectivity index (χ1) is 20.2. The summed E-state index contributed by atoms with van der Waals surface area (Å²) in [4.78, 5) is 19.1. The average Bonchev–Trinajstić information content (AvgIpc) is 3.00. The molecule has 1 aliphatic heterocycles. The maximum atomic E-state index is 14.2. The van der Waals surface area contributed by atoms with Crippen LogP contribution in [0.25, 0.3) is 0 Å². The predicted octanol–water partition coefficient (Wildman–Crippen LogP) is 5.61. The van der Waals surface area contributed by atoms with Gasteiger partial charge in [-0.15, -0.1) is 0 Å². The van der Waals surface area contributed by atoms with Gasteiger partial charge in [-0.3, -0.25) is 9.98 Å². The summed E-state index contributed by atoms with van der Waals surface area (Å²) in [5.41, 5.74) is 8.77. The maximum Gasteiger partial charge on any atom is 0.245 e. The third-order valence-corrected chi connectivity index (χ3v) is 6.40. The number of hydrogen-bond donors (Lipinski definition) is 2. The van der Waals surface area contributed by atoms with Crippen molar-refractivity contribution >= 4 is 35.6 Å². The number of aryl methyl sites for hydroxylation is 1. The number of aliphatic imine (C=N–C) groups is 1. The van der Waals surface area contributed by atoms with Crippen LogP contribution >= 0.6 is 0 Å². The standard InChI is InChI=1S/C31H33FN8O/c1-2-5-23-6-3-7-24(16-23)18-33-19-25-8-4-9-26(17-25)37-28-11-10-27(34-20-28)21-36-39-31-35-22-29(32)30(38-31)40-12-14-41-15-13-40/h3-4,6-11,16-18,20-22,37H,2,5,12-15,19H2,1H3,(H,35,38,39). The zero-order valence-corrected chi connectivity index (χ0v) is 23.0. The monoisotopic (exact) mass is 552 g/mol. The van der Waals surface area contributed by atoms with E-state index in [-0.39, 0.29) is 11.8 Å². The summed E-state index contributed by atoms with van der Waals surface area (Å²) in [6.07, 6.45) is 8.58. The molecule has 0 amide bonds. The highest BCUT2D eigenvalue weighted by molar-refractivity contribution is 5.80. The summed E-state index contributed by atoms with van der Waals surface area (Å²) in [5.74, 6) is -0.0307. The first kappa shape index (κ1) is 27.9. The molecule has 0 saturated carbocycles. The molecule has 0 bridgehead atoms. The molecule has 210 valence electrons. The van der Waals surface area contributed by atoms with Gasteiger partial charge in [-0.1, -0.05) is 49.7 Å². The van der Waals surface area contributed by atoms with E-state index >= 15 is 0 Å². The molecule has 5 rings (SSSR count). The summed E-state index contributed by atoms with van der Waals surface area (Å²) in [6.45, 7) is 5.01. The number of benzene rings is 2. The van der Waals surface area contributed by atoms with Crippen molar-refractivity contribution in [1.29, 1.82) is 0 Å². The fourth-order valence-corrected chi connectivity index (χ4v) is 4.41. The van der Waals surface area contributed by atoms with Crippen LogP contribution in [0.1, 0.15) is 35.7 Å². The summed E-state index contributed by atoms with van der Waals surface area (Å²) in [6, 6.07) is 20.5. The van der Waals surface area contributed by atoms with E-state index < -0.39 is 5.82 Å². The Bertz CT molecular complexity index is 1490. The molecule has 1 saturated heterocycles. The smallest absolute Gasteiger partial charge is 0.245 e. The van der Waals surface area contributed by atoms with Gasteiger partial charge >= 0.3 is 0 Å². The number of anilines is 4. The lowest BCUT2D eigenvalue weighted by atomic mass is 10.1. The Morgan fingerprint density at radius 1 is 0.951 bits per heavy atom. The van der Waals surface area contributed by atoms with Crippen LogP contribution in [0.3, 0.4) is 0 Å². The Labute approximate surface area is 239 Å². The number of ether oxygens (including phenoxy) is 1. The number of rotatable bonds is 11. The number of aromatic nitrogens is 3. The maximum absolute atomic E-state index is 14.2. The van der Waals surface area contributed by atoms with Gasteiger partial charge in [0.15, 0.2) is 11.6 Å². The fourth-order valence-electron chi connectivity index (χ4n) is 4.41. The number of hydrazone groups is 1. The number of nitrogens with zero attached hydrogens (tertiary/aromatic N) is 6. The molecule has 2 aromatic heterocycles. The minimum atomic E-state index is -0.475. The minimum Gasteiger partial charge on any atom is -0.378 e. The quantitative estimate of drug-likeness (QED) is 0.184. The SMILES string of the molecule is CCCc1cccc(C=NCc2cccc(Nc3ccc(C=NNc4ncc(F)c(N5CCOCC5)n4)nc3)c2)c1. The van der Waals surface area contributed by atoms with Gasteiger partial charge in [0.2, 0.25) is 5.95 Å². The third kappa shape index (κ3) is 8.15. The Morgan fingerprint density at radius 3 is 2.63 bits per heavy atom. The van der Waals surface area contributed by atoms with Gasteiger partial charge in [0.25, 0.3) is 0 Å². The van der Waals surface area contributed by atoms with E-state index in [0.29, 0.717) is 38.5 Å². The van der Waals surface area contributed by atoms with Gasteiger partial charge in [-0.2, -0.15) is 10.1 Å². The Morgan fingerprint density at radius 2 is 1.80 bits per heavy atom. The minimum absolute atomic E-state index is 0.205. The van der Waals surface area contributed by atoms with E-state index in [1.54, 1.807) is 12.4 Å². The van der Waals surface area contributed by atoms with Crippen LogP contribution in [0.5, 0.6) is 0 Å². The van der Waals surface area contributed by atoms with E-state index in [0.717, 1.165) is 41.5 Å². The molecule has 0 radical (unpaired) electrons. The van der Waals surface area contributed by atoms with Gasteiger partial charge in [0.05, 0.1) is 49.7 Å². The molecule has 1 fully saturated rings. The first-order valence-corrected chi connectivity index (χ1v) is 13.7. The highest BCUT2D eigenvalue weighted by Crippen LogP contribution is 2.19. The molecule has 0 spiro atoms. The van der Waals surface area contributed by atoms with Crippen molar-refractivity contribution in [2.24, 2.45) is 10.1 Å². The number of nitrogens with one attached hydrogen (secondary N) is 2. The molecule has 0 unspecified atom stereocenters. The number of pyridine rings is 1. The zero-order valence-electron chi connectivity index (χ0n) is 23.0. The number of morpholine rings is 1. The Balaban J connectivity index is 1.14. The van der Waals surface area contributed by atoms with Crippen molar-refractivity contribution in [1.82, 2.24) is 15.0 Å². The predicted molar refractivity (Wildman–Crippen MR) is 162 cm³/mol. The topological polar surface area (TPSA) is 99.9 Å². The summed E-state index contributed by atoms with van der Waals surface area (Å²) >= 11 is 0. The van der Waals surface area contributed by atoms with Crippen LogP contribution in [-0.4, -0.2) is 53.7 Å². The molecule has 0 aliphatic carbocycles. The third-order valence-electron chi connectivity index (χ3n) is 6.40. The van der Waals surface area contributed by atoms with Gasteiger partial charge in [0, 0.05) is 25.0 Å². The van der Waals surface area contributed by atoms with Crippen LogP contribution in [-0.2, 0) is 17.7 Å². The summed E-state index contributed by atoms with van der Waals surface area (Å²) < 4.78 is 19.5. The van der Waals surface area contributed by atoms with Crippen molar-refractivity contribution in [2.75, 3.05) is 41.9 Å². The Kier molecular flexibility index (Phi) is 9.57. The van der Waals surface area contributed by atoms with E-state index in [2.05, 4.69) is 79.1 Å². The summed E-state index contributed by atoms with van der Waals surface area (Å²) in [7, 11) is 0. The zero-order chi connectivity index (χ0) is 28.3. The molecule has 3 heterocycles. The first-order valence-electron chi connectivity index (χ1n) is 13.7. The average molecular weight is 553 g/mol. The second-order valence-corrected chi connectivity index (χ2v) is 9.60. The van der Waals surface area contributed by atoms with Crippen LogP contribution in [0, 0.1) is 5.82 Å². The van der Waals surface area contributed by atoms with Crippen molar-refractivity contribution in [3.05, 3.63) is 101 Å². The normalized spacial score (nSPS) is 13.7. The lowest BCUT2D eigenvalue weighted by Gasteiger charge is -2.27. The van der Waals surface area contributed by atoms with Gasteiger partial charge in [-0.25, -0.2) is 14.8 Å².